The number of phosphoric ester groups is 1. The van der Waals surface area contributed by atoms with E-state index < -0.39 is 20.7 Å². The molecule has 3 amide bonds. The van der Waals surface area contributed by atoms with Crippen molar-refractivity contribution in [2.45, 2.75) is 27.7 Å². The monoisotopic (exact) mass is 534 g/mol. The lowest BCUT2D eigenvalue weighted by Gasteiger charge is -2.24. The van der Waals surface area contributed by atoms with E-state index in [0.29, 0.717) is 35.3 Å². The Kier molecular flexibility index (Phi) is 8.61. The van der Waals surface area contributed by atoms with Crippen molar-refractivity contribution in [1.82, 2.24) is 25.2 Å². The highest BCUT2D eigenvalue weighted by molar-refractivity contribution is 7.46. The molecule has 2 heterocycles. The highest BCUT2D eigenvalue weighted by Crippen LogP contribution is 2.37. The van der Waals surface area contributed by atoms with Gasteiger partial charge in [0.2, 0.25) is 6.79 Å². The summed E-state index contributed by atoms with van der Waals surface area (Å²) in [6.07, 6.45) is 1.54. The fraction of sp³-hybridized carbons (Fsp3) is 0.318. The lowest BCUT2D eigenvalue weighted by Crippen LogP contribution is -2.30. The number of aromatic nitrogens is 3. The summed E-state index contributed by atoms with van der Waals surface area (Å²) in [4.78, 5) is 61.6. The van der Waals surface area contributed by atoms with Crippen molar-refractivity contribution in [2.24, 2.45) is 0 Å². The summed E-state index contributed by atoms with van der Waals surface area (Å²) in [7, 11) is -4.92. The van der Waals surface area contributed by atoms with Crippen LogP contribution in [0.1, 0.15) is 45.7 Å². The van der Waals surface area contributed by atoms with E-state index in [1.165, 1.54) is 23.1 Å². The Hall–Kier alpha value is -3.84. The molecule has 0 aliphatic carbocycles. The maximum atomic E-state index is 13.3. The number of hydrogen-bond donors (Lipinski definition) is 4. The molecule has 0 spiro atoms. The van der Waals surface area contributed by atoms with Crippen LogP contribution in [0.25, 0.3) is 5.52 Å². The van der Waals surface area contributed by atoms with E-state index in [-0.39, 0.29) is 28.9 Å². The number of nitrogens with one attached hydrogen (secondary N) is 2. The van der Waals surface area contributed by atoms with Crippen molar-refractivity contribution in [1.29, 1.82) is 0 Å². The van der Waals surface area contributed by atoms with Gasteiger partial charge in [0.15, 0.2) is 5.82 Å². The number of ether oxygens (including phenoxy) is 1. The van der Waals surface area contributed by atoms with Gasteiger partial charge in [0.25, 0.3) is 11.8 Å². The lowest BCUT2D eigenvalue weighted by atomic mass is 10.1. The maximum Gasteiger partial charge on any atom is 0.472 e. The van der Waals surface area contributed by atoms with E-state index >= 15 is 0 Å². The first-order valence-electron chi connectivity index (χ1n) is 11.1. The molecule has 2 aromatic heterocycles. The number of carbonyl (C=O) groups is 3. The second-order valence-corrected chi connectivity index (χ2v) is 8.99. The van der Waals surface area contributed by atoms with Crippen LogP contribution in [0.15, 0.2) is 30.7 Å². The first kappa shape index (κ1) is 27.7. The lowest BCUT2D eigenvalue weighted by molar-refractivity contribution is 0.0445. The van der Waals surface area contributed by atoms with Gasteiger partial charge < -0.3 is 25.2 Å². The summed E-state index contributed by atoms with van der Waals surface area (Å²) in [5.74, 6) is -0.734. The van der Waals surface area contributed by atoms with Crippen molar-refractivity contribution >= 4 is 42.8 Å². The predicted octanol–water partition coefficient (Wildman–Crippen LogP) is 2.19. The van der Waals surface area contributed by atoms with Crippen LogP contribution in [0.5, 0.6) is 0 Å². The predicted molar refractivity (Wildman–Crippen MR) is 132 cm³/mol. The van der Waals surface area contributed by atoms with Crippen LogP contribution >= 0.6 is 7.82 Å². The van der Waals surface area contributed by atoms with E-state index in [1.54, 1.807) is 39.8 Å². The molecule has 14 nitrogen and oxygen atoms in total. The van der Waals surface area contributed by atoms with Gasteiger partial charge >= 0.3 is 13.9 Å². The maximum absolute atomic E-state index is 13.3. The zero-order valence-electron chi connectivity index (χ0n) is 20.6. The number of amides is 3. The molecular weight excluding hydrogens is 507 g/mol. The van der Waals surface area contributed by atoms with Crippen molar-refractivity contribution in [2.75, 3.05) is 24.8 Å². The number of fused-ring (bicyclic) bond motifs is 1. The second-order valence-electron chi connectivity index (χ2n) is 7.75. The summed E-state index contributed by atoms with van der Waals surface area (Å²) in [6.45, 7) is 6.60. The van der Waals surface area contributed by atoms with Gasteiger partial charge in [-0.05, 0) is 51.0 Å². The summed E-state index contributed by atoms with van der Waals surface area (Å²) >= 11 is 0. The Morgan fingerprint density at radius 1 is 1.11 bits per heavy atom. The van der Waals surface area contributed by atoms with E-state index in [2.05, 4.69) is 25.2 Å². The highest BCUT2D eigenvalue weighted by Gasteiger charge is 2.29. The smallest absolute Gasteiger partial charge is 0.421 e. The van der Waals surface area contributed by atoms with Crippen LogP contribution in [0.3, 0.4) is 0 Å². The highest BCUT2D eigenvalue weighted by atomic mass is 31.2. The number of rotatable bonds is 9. The molecule has 0 saturated heterocycles. The van der Waals surface area contributed by atoms with E-state index in [0.717, 1.165) is 4.90 Å². The Morgan fingerprint density at radius 3 is 2.43 bits per heavy atom. The SMILES string of the molecule is CCNC(=O)c1ccc(C)c(N(C(=O)OCOP(=O)(O)O)c2ncnn3cc(C(=O)NCC)c(C)c23)c1. The number of benzene rings is 1. The van der Waals surface area contributed by atoms with Crippen LogP contribution < -0.4 is 15.5 Å². The molecule has 198 valence electrons. The number of hydrogen-bond acceptors (Lipinski definition) is 8. The average molecular weight is 534 g/mol. The van der Waals surface area contributed by atoms with Gasteiger partial charge in [-0.3, -0.25) is 9.59 Å². The Labute approximate surface area is 211 Å². The molecular formula is C22H27N6O8P. The van der Waals surface area contributed by atoms with Gasteiger partial charge in [-0.1, -0.05) is 6.07 Å². The minimum absolute atomic E-state index is 0.000350. The topological polar surface area (TPSA) is 185 Å². The van der Waals surface area contributed by atoms with Gasteiger partial charge in [-0.2, -0.15) is 5.10 Å². The second kappa shape index (κ2) is 11.5. The van der Waals surface area contributed by atoms with Crippen LogP contribution in [-0.2, 0) is 13.8 Å². The Bertz CT molecular complexity index is 1380. The van der Waals surface area contributed by atoms with Crippen LogP contribution in [-0.4, -0.2) is 62.2 Å². The molecule has 0 fully saturated rings. The van der Waals surface area contributed by atoms with Gasteiger partial charge in [0.1, 0.15) is 11.8 Å². The normalized spacial score (nSPS) is 11.3. The van der Waals surface area contributed by atoms with Gasteiger partial charge in [0.05, 0.1) is 11.3 Å². The van der Waals surface area contributed by atoms with Crippen molar-refractivity contribution in [3.63, 3.8) is 0 Å². The Balaban J connectivity index is 2.20. The minimum Gasteiger partial charge on any atom is -0.421 e. The summed E-state index contributed by atoms with van der Waals surface area (Å²) in [5.41, 5.74) is 2.04. The number of aryl methyl sites for hydroxylation is 2. The molecule has 0 aliphatic rings. The first-order chi connectivity index (χ1) is 17.5. The molecule has 0 aliphatic heterocycles. The summed E-state index contributed by atoms with van der Waals surface area (Å²) < 4.78 is 21.7. The summed E-state index contributed by atoms with van der Waals surface area (Å²) in [5, 5.41) is 9.53. The molecule has 3 rings (SSSR count). The molecule has 0 bridgehead atoms. The molecule has 0 saturated carbocycles. The van der Waals surface area contributed by atoms with Gasteiger partial charge in [-0.25, -0.2) is 28.3 Å². The Morgan fingerprint density at radius 2 is 1.78 bits per heavy atom. The minimum atomic E-state index is -4.92. The average Bonchev–Trinajstić information content (AvgIpc) is 3.17. The largest absolute Gasteiger partial charge is 0.472 e. The zero-order valence-corrected chi connectivity index (χ0v) is 21.5. The van der Waals surface area contributed by atoms with E-state index in [9.17, 15) is 18.9 Å². The third-order valence-electron chi connectivity index (χ3n) is 5.24. The van der Waals surface area contributed by atoms with E-state index in [4.69, 9.17) is 14.5 Å². The van der Waals surface area contributed by atoms with Crippen LogP contribution in [0.4, 0.5) is 16.3 Å². The molecule has 0 atom stereocenters. The third kappa shape index (κ3) is 6.30. The van der Waals surface area contributed by atoms with Crippen molar-refractivity contribution < 1.29 is 38.0 Å². The van der Waals surface area contributed by atoms with Crippen LogP contribution in [0.2, 0.25) is 0 Å². The molecule has 15 heteroatoms. The number of phosphoric acid groups is 1. The standard InChI is InChI=1S/C22H27N6O8P/c1-5-23-20(29)15-8-7-13(3)17(9-15)28(22(31)35-12-36-37(32,33)34)19-18-14(4)16(21(30)24-6-2)10-27(18)26-11-25-19/h7-11H,5-6,12H2,1-4H3,(H,23,29)(H,24,30)(H2,32,33,34). The summed E-state index contributed by atoms with van der Waals surface area (Å²) in [6, 6.07) is 4.65. The number of nitrogens with zero attached hydrogens (tertiary/aromatic N) is 4. The number of carbonyl (C=O) groups excluding carboxylic acids is 3. The molecule has 37 heavy (non-hydrogen) atoms. The van der Waals surface area contributed by atoms with Gasteiger partial charge in [0, 0.05) is 24.8 Å². The molecule has 0 unspecified atom stereocenters. The van der Waals surface area contributed by atoms with Crippen molar-refractivity contribution in [3.05, 3.63) is 53.0 Å². The molecule has 0 radical (unpaired) electrons. The first-order valence-corrected chi connectivity index (χ1v) is 12.7. The van der Waals surface area contributed by atoms with Gasteiger partial charge in [-0.15, -0.1) is 0 Å². The molecule has 1 aromatic carbocycles. The van der Waals surface area contributed by atoms with E-state index in [1.807, 2.05) is 0 Å². The third-order valence-corrected chi connectivity index (χ3v) is 5.68. The number of anilines is 2. The molecule has 4 N–H and O–H groups in total. The fourth-order valence-corrected chi connectivity index (χ4v) is 3.74. The van der Waals surface area contributed by atoms with Crippen molar-refractivity contribution in [3.8, 4) is 0 Å². The quantitative estimate of drug-likeness (QED) is 0.234. The van der Waals surface area contributed by atoms with Crippen LogP contribution in [0, 0.1) is 13.8 Å². The zero-order chi connectivity index (χ0) is 27.3. The fourth-order valence-electron chi connectivity index (χ4n) is 3.55. The molecule has 3 aromatic rings.